The van der Waals surface area contributed by atoms with Gasteiger partial charge in [0, 0.05) is 4.47 Å². The van der Waals surface area contributed by atoms with Crippen molar-refractivity contribution < 1.29 is 0 Å². The van der Waals surface area contributed by atoms with E-state index in [2.05, 4.69) is 40.2 Å². The first kappa shape index (κ1) is 9.49. The van der Waals surface area contributed by atoms with Crippen LogP contribution in [-0.2, 0) is 0 Å². The molecule has 2 N–H and O–H groups in total. The van der Waals surface area contributed by atoms with Gasteiger partial charge in [0.1, 0.15) is 0 Å². The molecule has 1 aromatic rings. The van der Waals surface area contributed by atoms with Crippen LogP contribution in [0, 0.1) is 0 Å². The van der Waals surface area contributed by atoms with Crippen LogP contribution in [-0.4, -0.2) is 6.54 Å². The predicted octanol–water partition coefficient (Wildman–Crippen LogP) is 2.81. The highest BCUT2D eigenvalue weighted by molar-refractivity contribution is 9.10. The third kappa shape index (κ3) is 3.20. The molecule has 0 radical (unpaired) electrons. The average molecular weight is 226 g/mol. The van der Waals surface area contributed by atoms with Crippen molar-refractivity contribution in [3.63, 3.8) is 0 Å². The van der Waals surface area contributed by atoms with Crippen LogP contribution in [0.5, 0.6) is 0 Å². The number of rotatable bonds is 3. The van der Waals surface area contributed by atoms with Crippen molar-refractivity contribution in [1.82, 2.24) is 0 Å². The zero-order valence-electron chi connectivity index (χ0n) is 6.83. The molecule has 0 fully saturated rings. The summed E-state index contributed by atoms with van der Waals surface area (Å²) in [6.45, 7) is 0.715. The molecule has 1 rings (SSSR count). The lowest BCUT2D eigenvalue weighted by molar-refractivity contribution is 1.01. The Hall–Kier alpha value is -0.600. The molecule has 0 aliphatic rings. The van der Waals surface area contributed by atoms with Crippen molar-refractivity contribution in [1.29, 1.82) is 0 Å². The first-order chi connectivity index (χ1) is 5.83. The van der Waals surface area contributed by atoms with Crippen molar-refractivity contribution in [3.05, 3.63) is 40.4 Å². The Bertz CT molecular complexity index is 251. The summed E-state index contributed by atoms with van der Waals surface area (Å²) in [5.41, 5.74) is 6.57. The van der Waals surface area contributed by atoms with E-state index < -0.39 is 0 Å². The van der Waals surface area contributed by atoms with Gasteiger partial charge in [-0.1, -0.05) is 40.2 Å². The van der Waals surface area contributed by atoms with Gasteiger partial charge in [-0.2, -0.15) is 0 Å². The number of halogens is 1. The second-order valence-electron chi connectivity index (χ2n) is 2.53. The van der Waals surface area contributed by atoms with Gasteiger partial charge in [-0.3, -0.25) is 0 Å². The molecule has 0 bridgehead atoms. The molecule has 0 amide bonds. The monoisotopic (exact) mass is 225 g/mol. The van der Waals surface area contributed by atoms with E-state index in [-0.39, 0.29) is 0 Å². The minimum Gasteiger partial charge on any atom is -0.330 e. The van der Waals surface area contributed by atoms with E-state index in [1.165, 1.54) is 5.56 Å². The molecule has 1 nitrogen and oxygen atoms in total. The van der Waals surface area contributed by atoms with Crippen LogP contribution in [0.4, 0.5) is 0 Å². The van der Waals surface area contributed by atoms with Crippen molar-refractivity contribution in [3.8, 4) is 0 Å². The molecule has 0 atom stereocenters. The SMILES string of the molecule is NCC/C=C\c1ccc(Br)cc1. The Labute approximate surface area is 81.4 Å². The van der Waals surface area contributed by atoms with Gasteiger partial charge in [0.25, 0.3) is 0 Å². The van der Waals surface area contributed by atoms with Crippen molar-refractivity contribution in [2.24, 2.45) is 5.73 Å². The minimum atomic E-state index is 0.715. The molecule has 64 valence electrons. The molecule has 0 aromatic heterocycles. The van der Waals surface area contributed by atoms with Crippen LogP contribution < -0.4 is 5.73 Å². The zero-order chi connectivity index (χ0) is 8.81. The van der Waals surface area contributed by atoms with E-state index in [1.54, 1.807) is 0 Å². The second kappa shape index (κ2) is 5.12. The fourth-order valence-electron chi connectivity index (χ4n) is 0.890. The topological polar surface area (TPSA) is 26.0 Å². The second-order valence-corrected chi connectivity index (χ2v) is 3.45. The van der Waals surface area contributed by atoms with Gasteiger partial charge in [0.15, 0.2) is 0 Å². The highest BCUT2D eigenvalue weighted by Crippen LogP contribution is 2.11. The third-order valence-electron chi connectivity index (χ3n) is 1.51. The summed E-state index contributed by atoms with van der Waals surface area (Å²) in [5.74, 6) is 0. The molecular formula is C10H12BrN. The Balaban J connectivity index is 2.58. The maximum absolute atomic E-state index is 5.36. The standard InChI is InChI=1S/C10H12BrN/c11-10-6-4-9(5-7-10)3-1-2-8-12/h1,3-7H,2,8,12H2/b3-1-. The first-order valence-electron chi connectivity index (χ1n) is 3.95. The van der Waals surface area contributed by atoms with Gasteiger partial charge in [-0.15, -0.1) is 0 Å². The van der Waals surface area contributed by atoms with Gasteiger partial charge in [0.05, 0.1) is 0 Å². The number of hydrogen-bond donors (Lipinski definition) is 1. The molecule has 0 aliphatic heterocycles. The van der Waals surface area contributed by atoms with Crippen molar-refractivity contribution in [2.45, 2.75) is 6.42 Å². The molecule has 0 saturated heterocycles. The molecular weight excluding hydrogens is 214 g/mol. The summed E-state index contributed by atoms with van der Waals surface area (Å²) < 4.78 is 1.11. The van der Waals surface area contributed by atoms with E-state index in [0.29, 0.717) is 6.54 Å². The Morgan fingerprint density at radius 1 is 1.25 bits per heavy atom. The molecule has 1 aromatic carbocycles. The van der Waals surface area contributed by atoms with E-state index in [9.17, 15) is 0 Å². The Kier molecular flexibility index (Phi) is 4.05. The van der Waals surface area contributed by atoms with Crippen LogP contribution in [0.1, 0.15) is 12.0 Å². The minimum absolute atomic E-state index is 0.715. The number of nitrogens with two attached hydrogens (primary N) is 1. The summed E-state index contributed by atoms with van der Waals surface area (Å²) in [7, 11) is 0. The van der Waals surface area contributed by atoms with Crippen LogP contribution >= 0.6 is 15.9 Å². The summed E-state index contributed by atoms with van der Waals surface area (Å²) in [4.78, 5) is 0. The molecule has 2 heteroatoms. The first-order valence-corrected chi connectivity index (χ1v) is 4.74. The summed E-state index contributed by atoms with van der Waals surface area (Å²) >= 11 is 3.38. The Morgan fingerprint density at radius 3 is 2.50 bits per heavy atom. The summed E-state index contributed by atoms with van der Waals surface area (Å²) in [5, 5.41) is 0. The highest BCUT2D eigenvalue weighted by atomic mass is 79.9. The molecule has 0 spiro atoms. The molecule has 0 saturated carbocycles. The lowest BCUT2D eigenvalue weighted by atomic mass is 10.2. The maximum Gasteiger partial charge on any atom is 0.0175 e. The summed E-state index contributed by atoms with van der Waals surface area (Å²) in [6.07, 6.45) is 5.11. The molecule has 0 heterocycles. The fourth-order valence-corrected chi connectivity index (χ4v) is 1.15. The molecule has 12 heavy (non-hydrogen) atoms. The third-order valence-corrected chi connectivity index (χ3v) is 2.04. The number of hydrogen-bond acceptors (Lipinski definition) is 1. The zero-order valence-corrected chi connectivity index (χ0v) is 8.42. The Morgan fingerprint density at radius 2 is 1.92 bits per heavy atom. The lowest BCUT2D eigenvalue weighted by Crippen LogP contribution is -1.94. The van der Waals surface area contributed by atoms with Gasteiger partial charge >= 0.3 is 0 Å². The highest BCUT2D eigenvalue weighted by Gasteiger charge is 1.85. The van der Waals surface area contributed by atoms with Crippen LogP contribution in [0.2, 0.25) is 0 Å². The van der Waals surface area contributed by atoms with E-state index in [4.69, 9.17) is 5.73 Å². The maximum atomic E-state index is 5.36. The van der Waals surface area contributed by atoms with Crippen LogP contribution in [0.3, 0.4) is 0 Å². The normalized spacial score (nSPS) is 10.8. The summed E-state index contributed by atoms with van der Waals surface area (Å²) in [6, 6.07) is 8.19. The van der Waals surface area contributed by atoms with E-state index in [0.717, 1.165) is 10.9 Å². The predicted molar refractivity (Wildman–Crippen MR) is 56.8 cm³/mol. The van der Waals surface area contributed by atoms with Gasteiger partial charge < -0.3 is 5.73 Å². The van der Waals surface area contributed by atoms with Gasteiger partial charge in [0.2, 0.25) is 0 Å². The van der Waals surface area contributed by atoms with E-state index >= 15 is 0 Å². The van der Waals surface area contributed by atoms with Crippen molar-refractivity contribution >= 4 is 22.0 Å². The van der Waals surface area contributed by atoms with E-state index in [1.807, 2.05) is 12.1 Å². The lowest BCUT2D eigenvalue weighted by Gasteiger charge is -1.92. The van der Waals surface area contributed by atoms with Gasteiger partial charge in [-0.25, -0.2) is 0 Å². The molecule has 0 unspecified atom stereocenters. The largest absolute Gasteiger partial charge is 0.330 e. The quantitative estimate of drug-likeness (QED) is 0.842. The fraction of sp³-hybridized carbons (Fsp3) is 0.200. The van der Waals surface area contributed by atoms with Crippen LogP contribution in [0.15, 0.2) is 34.8 Å². The smallest absolute Gasteiger partial charge is 0.0175 e. The number of benzene rings is 1. The van der Waals surface area contributed by atoms with Gasteiger partial charge in [-0.05, 0) is 30.7 Å². The molecule has 0 aliphatic carbocycles. The van der Waals surface area contributed by atoms with Crippen molar-refractivity contribution in [2.75, 3.05) is 6.54 Å². The van der Waals surface area contributed by atoms with Crippen LogP contribution in [0.25, 0.3) is 6.08 Å². The average Bonchev–Trinajstić information content (AvgIpc) is 2.09.